The van der Waals surface area contributed by atoms with Crippen molar-refractivity contribution in [3.05, 3.63) is 59.7 Å². The fourth-order valence-corrected chi connectivity index (χ4v) is 4.10. The molecule has 2 aromatic rings. The van der Waals surface area contributed by atoms with E-state index in [0.29, 0.717) is 11.4 Å². The number of carbonyl (C=O) groups excluding carboxylic acids is 3. The lowest BCUT2D eigenvalue weighted by Gasteiger charge is -2.27. The molecule has 4 rings (SSSR count). The molecule has 162 valence electrons. The van der Waals surface area contributed by atoms with Gasteiger partial charge in [0.05, 0.1) is 24.8 Å². The highest BCUT2D eigenvalue weighted by atomic mass is 16.5. The number of carbonyl (C=O) groups is 3. The molecule has 0 saturated heterocycles. The normalized spacial score (nSPS) is 18.7. The Labute approximate surface area is 181 Å². The minimum atomic E-state index is -0.963. The monoisotopic (exact) mass is 422 g/mol. The SMILES string of the molecule is C[C@@H](OC(=O)CN1C(=O)CCOc2ccccc21)C(=O)N[C@H]1CCCc2ccccc21. The maximum atomic E-state index is 12.7. The zero-order chi connectivity index (χ0) is 21.8. The minimum Gasteiger partial charge on any atom is -0.491 e. The van der Waals surface area contributed by atoms with Crippen molar-refractivity contribution in [2.75, 3.05) is 18.1 Å². The Morgan fingerprint density at radius 1 is 1.16 bits per heavy atom. The number of rotatable bonds is 5. The number of nitrogens with one attached hydrogen (secondary N) is 1. The summed E-state index contributed by atoms with van der Waals surface area (Å²) in [6.45, 7) is 1.52. The number of ether oxygens (including phenoxy) is 2. The van der Waals surface area contributed by atoms with E-state index in [-0.39, 0.29) is 37.4 Å². The number of benzene rings is 2. The summed E-state index contributed by atoms with van der Waals surface area (Å²) in [5.41, 5.74) is 2.88. The van der Waals surface area contributed by atoms with Crippen LogP contribution >= 0.6 is 0 Å². The molecule has 0 fully saturated rings. The number of nitrogens with zero attached hydrogens (tertiary/aromatic N) is 1. The Morgan fingerprint density at radius 2 is 1.94 bits per heavy atom. The number of fused-ring (bicyclic) bond motifs is 2. The molecule has 7 heteroatoms. The molecular formula is C24H26N2O5. The first-order chi connectivity index (χ1) is 15.0. The van der Waals surface area contributed by atoms with Gasteiger partial charge in [-0.3, -0.25) is 19.3 Å². The van der Waals surface area contributed by atoms with Gasteiger partial charge in [-0.15, -0.1) is 0 Å². The largest absolute Gasteiger partial charge is 0.491 e. The van der Waals surface area contributed by atoms with Gasteiger partial charge in [-0.25, -0.2) is 0 Å². The molecule has 2 atom stereocenters. The molecule has 0 unspecified atom stereocenters. The van der Waals surface area contributed by atoms with Crippen molar-refractivity contribution < 1.29 is 23.9 Å². The summed E-state index contributed by atoms with van der Waals surface area (Å²) in [6, 6.07) is 15.0. The summed E-state index contributed by atoms with van der Waals surface area (Å²) >= 11 is 0. The van der Waals surface area contributed by atoms with Crippen LogP contribution < -0.4 is 15.0 Å². The van der Waals surface area contributed by atoms with E-state index in [1.54, 1.807) is 31.2 Å². The predicted octanol–water partition coefficient (Wildman–Crippen LogP) is 2.93. The Bertz CT molecular complexity index is 989. The Kier molecular flexibility index (Phi) is 6.21. The molecule has 0 bridgehead atoms. The van der Waals surface area contributed by atoms with Crippen molar-refractivity contribution in [1.82, 2.24) is 5.32 Å². The van der Waals surface area contributed by atoms with Gasteiger partial charge in [0, 0.05) is 0 Å². The van der Waals surface area contributed by atoms with Gasteiger partial charge in [-0.2, -0.15) is 0 Å². The van der Waals surface area contributed by atoms with Crippen molar-refractivity contribution in [2.45, 2.75) is 44.8 Å². The molecule has 1 aliphatic heterocycles. The van der Waals surface area contributed by atoms with Crippen LogP contribution in [-0.4, -0.2) is 37.0 Å². The molecular weight excluding hydrogens is 396 g/mol. The van der Waals surface area contributed by atoms with Crippen LogP contribution in [0.1, 0.15) is 43.4 Å². The lowest BCUT2D eigenvalue weighted by molar-refractivity contribution is -0.154. The highest BCUT2D eigenvalue weighted by Gasteiger charge is 2.29. The predicted molar refractivity (Wildman–Crippen MR) is 115 cm³/mol. The summed E-state index contributed by atoms with van der Waals surface area (Å²) in [7, 11) is 0. The molecule has 2 aromatic carbocycles. The van der Waals surface area contributed by atoms with Crippen molar-refractivity contribution in [3.63, 3.8) is 0 Å². The van der Waals surface area contributed by atoms with E-state index >= 15 is 0 Å². The highest BCUT2D eigenvalue weighted by Crippen LogP contribution is 2.31. The van der Waals surface area contributed by atoms with Gasteiger partial charge in [-0.1, -0.05) is 36.4 Å². The average molecular weight is 422 g/mol. The van der Waals surface area contributed by atoms with Gasteiger partial charge in [-0.05, 0) is 49.4 Å². The summed E-state index contributed by atoms with van der Waals surface area (Å²) < 4.78 is 10.9. The molecule has 31 heavy (non-hydrogen) atoms. The third kappa shape index (κ3) is 4.71. The van der Waals surface area contributed by atoms with Crippen LogP contribution in [0.3, 0.4) is 0 Å². The molecule has 0 radical (unpaired) electrons. The number of hydrogen-bond acceptors (Lipinski definition) is 5. The molecule has 1 N–H and O–H groups in total. The van der Waals surface area contributed by atoms with E-state index < -0.39 is 12.1 Å². The first kappa shape index (κ1) is 20.9. The Hall–Kier alpha value is -3.35. The van der Waals surface area contributed by atoms with Crippen molar-refractivity contribution in [2.24, 2.45) is 0 Å². The average Bonchev–Trinajstić information content (AvgIpc) is 2.93. The molecule has 0 aromatic heterocycles. The standard InChI is InChI=1S/C24H26N2O5/c1-16(24(29)25-19-10-6-8-17-7-2-3-9-18(17)19)31-23(28)15-26-20-11-4-5-12-21(20)30-14-13-22(26)27/h2-5,7,9,11-12,16,19H,6,8,10,13-15H2,1H3,(H,25,29)/t16-,19+/m1/s1. The summed E-state index contributed by atoms with van der Waals surface area (Å²) in [4.78, 5) is 39.0. The Morgan fingerprint density at radius 3 is 2.81 bits per heavy atom. The van der Waals surface area contributed by atoms with Crippen molar-refractivity contribution >= 4 is 23.5 Å². The number of anilines is 1. The fourth-order valence-electron chi connectivity index (χ4n) is 4.10. The van der Waals surface area contributed by atoms with Gasteiger partial charge in [0.15, 0.2) is 6.10 Å². The third-order valence-electron chi connectivity index (χ3n) is 5.68. The molecule has 2 amide bonds. The third-order valence-corrected chi connectivity index (χ3v) is 5.68. The van der Waals surface area contributed by atoms with Crippen LogP contribution in [0.4, 0.5) is 5.69 Å². The minimum absolute atomic E-state index is 0.0881. The molecule has 0 spiro atoms. The van der Waals surface area contributed by atoms with Gasteiger partial charge in [0.1, 0.15) is 12.3 Å². The highest BCUT2D eigenvalue weighted by molar-refractivity contribution is 5.99. The molecule has 1 heterocycles. The van der Waals surface area contributed by atoms with Crippen LogP contribution in [0.25, 0.3) is 0 Å². The van der Waals surface area contributed by atoms with Crippen LogP contribution in [0.15, 0.2) is 48.5 Å². The number of para-hydroxylation sites is 2. The number of amides is 2. The van der Waals surface area contributed by atoms with E-state index in [9.17, 15) is 14.4 Å². The van der Waals surface area contributed by atoms with Gasteiger partial charge >= 0.3 is 5.97 Å². The van der Waals surface area contributed by atoms with E-state index in [0.717, 1.165) is 24.8 Å². The zero-order valence-electron chi connectivity index (χ0n) is 17.5. The second-order valence-electron chi connectivity index (χ2n) is 7.83. The van der Waals surface area contributed by atoms with Crippen LogP contribution in [0, 0.1) is 0 Å². The van der Waals surface area contributed by atoms with Crippen LogP contribution in [-0.2, 0) is 25.5 Å². The first-order valence-electron chi connectivity index (χ1n) is 10.6. The molecule has 7 nitrogen and oxygen atoms in total. The second kappa shape index (κ2) is 9.20. The number of aryl methyl sites for hydroxylation is 1. The lowest BCUT2D eigenvalue weighted by atomic mass is 9.87. The van der Waals surface area contributed by atoms with E-state index in [4.69, 9.17) is 9.47 Å². The Balaban J connectivity index is 1.38. The van der Waals surface area contributed by atoms with E-state index in [1.807, 2.05) is 18.2 Å². The van der Waals surface area contributed by atoms with Gasteiger partial charge in [0.2, 0.25) is 5.91 Å². The van der Waals surface area contributed by atoms with Gasteiger partial charge in [0.25, 0.3) is 5.91 Å². The lowest BCUT2D eigenvalue weighted by Crippen LogP contribution is -2.42. The maximum Gasteiger partial charge on any atom is 0.326 e. The second-order valence-corrected chi connectivity index (χ2v) is 7.83. The smallest absolute Gasteiger partial charge is 0.326 e. The summed E-state index contributed by atoms with van der Waals surface area (Å²) in [6.07, 6.45) is 2.05. The first-order valence-corrected chi connectivity index (χ1v) is 10.6. The molecule has 1 aliphatic carbocycles. The maximum absolute atomic E-state index is 12.7. The topological polar surface area (TPSA) is 84.9 Å². The van der Waals surface area contributed by atoms with Crippen LogP contribution in [0.2, 0.25) is 0 Å². The molecule has 0 saturated carbocycles. The van der Waals surface area contributed by atoms with Crippen LogP contribution in [0.5, 0.6) is 5.75 Å². The van der Waals surface area contributed by atoms with Crippen molar-refractivity contribution in [3.8, 4) is 5.75 Å². The van der Waals surface area contributed by atoms with E-state index in [2.05, 4.69) is 11.4 Å². The number of hydrogen-bond donors (Lipinski definition) is 1. The fraction of sp³-hybridized carbons (Fsp3) is 0.375. The van der Waals surface area contributed by atoms with Gasteiger partial charge < -0.3 is 14.8 Å². The summed E-state index contributed by atoms with van der Waals surface area (Å²) in [5, 5.41) is 3.00. The van der Waals surface area contributed by atoms with E-state index in [1.165, 1.54) is 10.5 Å². The molecule has 2 aliphatic rings. The number of esters is 1. The quantitative estimate of drug-likeness (QED) is 0.749. The van der Waals surface area contributed by atoms with Crippen molar-refractivity contribution in [1.29, 1.82) is 0 Å². The summed E-state index contributed by atoms with van der Waals surface area (Å²) in [5.74, 6) is -0.668. The zero-order valence-corrected chi connectivity index (χ0v) is 17.5.